The van der Waals surface area contributed by atoms with Crippen molar-refractivity contribution in [2.75, 3.05) is 14.2 Å². The van der Waals surface area contributed by atoms with E-state index >= 15 is 0 Å². The third-order valence-electron chi connectivity index (χ3n) is 3.96. The van der Waals surface area contributed by atoms with Gasteiger partial charge < -0.3 is 19.1 Å². The number of ether oxygens (including phenoxy) is 2. The van der Waals surface area contributed by atoms with Gasteiger partial charge in [-0.1, -0.05) is 6.07 Å². The Kier molecular flexibility index (Phi) is 5.09. The van der Waals surface area contributed by atoms with Crippen LogP contribution in [0.25, 0.3) is 16.3 Å². The number of hydrogen-bond donors (Lipinski definition) is 1. The molecular formula is C19H19NO4S. The Bertz CT molecular complexity index is 868. The van der Waals surface area contributed by atoms with Gasteiger partial charge in [0.1, 0.15) is 11.5 Å². The third-order valence-corrected chi connectivity index (χ3v) is 4.85. The Balaban J connectivity index is 2.18. The van der Waals surface area contributed by atoms with Crippen molar-refractivity contribution in [3.63, 3.8) is 0 Å². The summed E-state index contributed by atoms with van der Waals surface area (Å²) < 4.78 is 12.9. The number of methoxy groups -OCH3 is 2. The molecule has 0 amide bonds. The van der Waals surface area contributed by atoms with Gasteiger partial charge in [-0.05, 0) is 42.1 Å². The number of aryl methyl sites for hydroxylation is 1. The van der Waals surface area contributed by atoms with Crippen molar-refractivity contribution >= 4 is 17.3 Å². The number of nitrogens with zero attached hydrogens (tertiary/aromatic N) is 1. The molecule has 0 aliphatic heterocycles. The van der Waals surface area contributed by atoms with Gasteiger partial charge in [0.15, 0.2) is 0 Å². The van der Waals surface area contributed by atoms with Gasteiger partial charge in [0.2, 0.25) is 0 Å². The molecule has 0 bridgehead atoms. The molecule has 0 aliphatic rings. The van der Waals surface area contributed by atoms with Crippen LogP contribution in [0.2, 0.25) is 0 Å². The fourth-order valence-corrected chi connectivity index (χ4v) is 3.52. The Labute approximate surface area is 150 Å². The van der Waals surface area contributed by atoms with Crippen molar-refractivity contribution in [2.24, 2.45) is 0 Å². The first-order valence-corrected chi connectivity index (χ1v) is 8.70. The maximum absolute atomic E-state index is 11.0. The molecule has 6 heteroatoms. The average Bonchev–Trinajstić information content (AvgIpc) is 3.28. The Morgan fingerprint density at radius 3 is 2.64 bits per heavy atom. The molecular weight excluding hydrogens is 338 g/mol. The SMILES string of the molecule is COc1ccc(OC)c(-n2c(CCC(=O)O)ccc2-c2cccs2)c1. The van der Waals surface area contributed by atoms with Crippen LogP contribution in [0, 0.1) is 0 Å². The van der Waals surface area contributed by atoms with Crippen LogP contribution in [-0.2, 0) is 11.2 Å². The van der Waals surface area contributed by atoms with Gasteiger partial charge in [0, 0.05) is 11.8 Å². The van der Waals surface area contributed by atoms with Crippen molar-refractivity contribution in [2.45, 2.75) is 12.8 Å². The summed E-state index contributed by atoms with van der Waals surface area (Å²) in [6.07, 6.45) is 0.501. The lowest BCUT2D eigenvalue weighted by molar-refractivity contribution is -0.136. The number of aromatic nitrogens is 1. The maximum Gasteiger partial charge on any atom is 0.303 e. The van der Waals surface area contributed by atoms with Crippen LogP contribution in [0.4, 0.5) is 0 Å². The van der Waals surface area contributed by atoms with Crippen molar-refractivity contribution in [1.82, 2.24) is 4.57 Å². The summed E-state index contributed by atoms with van der Waals surface area (Å²) >= 11 is 1.64. The summed E-state index contributed by atoms with van der Waals surface area (Å²) in [5, 5.41) is 11.1. The summed E-state index contributed by atoms with van der Waals surface area (Å²) in [7, 11) is 3.24. The molecule has 25 heavy (non-hydrogen) atoms. The molecule has 0 atom stereocenters. The first-order chi connectivity index (χ1) is 12.1. The zero-order chi connectivity index (χ0) is 17.8. The van der Waals surface area contributed by atoms with E-state index in [4.69, 9.17) is 14.6 Å². The molecule has 2 aromatic heterocycles. The normalized spacial score (nSPS) is 10.6. The van der Waals surface area contributed by atoms with E-state index in [9.17, 15) is 4.79 Å². The third kappa shape index (κ3) is 3.53. The lowest BCUT2D eigenvalue weighted by atomic mass is 10.2. The number of carboxylic acid groups (broad SMARTS) is 1. The second-order valence-corrected chi connectivity index (χ2v) is 6.40. The average molecular weight is 357 g/mol. The molecule has 0 fully saturated rings. The van der Waals surface area contributed by atoms with Gasteiger partial charge >= 0.3 is 5.97 Å². The molecule has 130 valence electrons. The lowest BCUT2D eigenvalue weighted by Crippen LogP contribution is -2.06. The van der Waals surface area contributed by atoms with Crippen LogP contribution < -0.4 is 9.47 Å². The molecule has 0 radical (unpaired) electrons. The molecule has 3 aromatic rings. The van der Waals surface area contributed by atoms with E-state index in [0.717, 1.165) is 22.0 Å². The largest absolute Gasteiger partial charge is 0.497 e. The van der Waals surface area contributed by atoms with Crippen LogP contribution in [0.1, 0.15) is 12.1 Å². The number of benzene rings is 1. The van der Waals surface area contributed by atoms with Crippen LogP contribution >= 0.6 is 11.3 Å². The molecule has 0 unspecified atom stereocenters. The molecule has 0 aliphatic carbocycles. The highest BCUT2D eigenvalue weighted by Gasteiger charge is 2.17. The minimum atomic E-state index is -0.817. The zero-order valence-corrected chi connectivity index (χ0v) is 14.9. The smallest absolute Gasteiger partial charge is 0.303 e. The fraction of sp³-hybridized carbons (Fsp3) is 0.211. The summed E-state index contributed by atoms with van der Waals surface area (Å²) in [5.41, 5.74) is 2.75. The molecule has 0 saturated carbocycles. The molecule has 1 aromatic carbocycles. The first kappa shape index (κ1) is 17.1. The number of carboxylic acids is 1. The second kappa shape index (κ2) is 7.44. The Morgan fingerprint density at radius 1 is 1.16 bits per heavy atom. The number of carbonyl (C=O) groups is 1. The van der Waals surface area contributed by atoms with Crippen molar-refractivity contribution in [1.29, 1.82) is 0 Å². The predicted octanol–water partition coefficient (Wildman–Crippen LogP) is 4.24. The van der Waals surface area contributed by atoms with Gasteiger partial charge in [0.25, 0.3) is 0 Å². The van der Waals surface area contributed by atoms with E-state index in [1.807, 2.05) is 47.8 Å². The zero-order valence-electron chi connectivity index (χ0n) is 14.1. The van der Waals surface area contributed by atoms with Gasteiger partial charge in [-0.25, -0.2) is 0 Å². The Morgan fingerprint density at radius 2 is 2.00 bits per heavy atom. The van der Waals surface area contributed by atoms with Crippen LogP contribution in [-0.4, -0.2) is 29.9 Å². The topological polar surface area (TPSA) is 60.7 Å². The summed E-state index contributed by atoms with van der Waals surface area (Å²) in [6, 6.07) is 13.6. The highest BCUT2D eigenvalue weighted by molar-refractivity contribution is 7.13. The number of thiophene rings is 1. The molecule has 0 spiro atoms. The molecule has 0 saturated heterocycles. The summed E-state index contributed by atoms with van der Waals surface area (Å²) in [4.78, 5) is 12.1. The van der Waals surface area contributed by atoms with E-state index in [1.165, 1.54) is 0 Å². The molecule has 2 heterocycles. The second-order valence-electron chi connectivity index (χ2n) is 5.45. The van der Waals surface area contributed by atoms with E-state index < -0.39 is 5.97 Å². The minimum absolute atomic E-state index is 0.0696. The van der Waals surface area contributed by atoms with E-state index in [0.29, 0.717) is 17.9 Å². The monoisotopic (exact) mass is 357 g/mol. The van der Waals surface area contributed by atoms with Gasteiger partial charge in [0.05, 0.1) is 36.9 Å². The van der Waals surface area contributed by atoms with Crippen LogP contribution in [0.3, 0.4) is 0 Å². The van der Waals surface area contributed by atoms with Crippen molar-refractivity contribution in [3.05, 3.63) is 53.5 Å². The van der Waals surface area contributed by atoms with E-state index in [-0.39, 0.29) is 6.42 Å². The fourth-order valence-electron chi connectivity index (χ4n) is 2.78. The van der Waals surface area contributed by atoms with Gasteiger partial charge in [-0.3, -0.25) is 4.79 Å². The van der Waals surface area contributed by atoms with E-state index in [1.54, 1.807) is 25.6 Å². The minimum Gasteiger partial charge on any atom is -0.497 e. The lowest BCUT2D eigenvalue weighted by Gasteiger charge is -2.17. The standard InChI is InChI=1S/C19H19NO4S/c1-23-14-7-9-17(24-2)16(12-14)20-13(6-10-19(21)22)5-8-15(20)18-4-3-11-25-18/h3-5,7-9,11-12H,6,10H2,1-2H3,(H,21,22). The van der Waals surface area contributed by atoms with Crippen molar-refractivity contribution in [3.8, 4) is 27.8 Å². The predicted molar refractivity (Wildman–Crippen MR) is 98.1 cm³/mol. The number of rotatable bonds is 7. The maximum atomic E-state index is 11.0. The van der Waals surface area contributed by atoms with Gasteiger partial charge in [-0.2, -0.15) is 0 Å². The van der Waals surface area contributed by atoms with Crippen LogP contribution in [0.5, 0.6) is 11.5 Å². The van der Waals surface area contributed by atoms with E-state index in [2.05, 4.69) is 4.57 Å². The first-order valence-electron chi connectivity index (χ1n) is 7.82. The number of aliphatic carboxylic acids is 1. The highest BCUT2D eigenvalue weighted by Crippen LogP contribution is 2.35. The number of hydrogen-bond acceptors (Lipinski definition) is 4. The molecule has 3 rings (SSSR count). The summed E-state index contributed by atoms with van der Waals surface area (Å²) in [6.45, 7) is 0. The van der Waals surface area contributed by atoms with Gasteiger partial charge in [-0.15, -0.1) is 11.3 Å². The quantitative estimate of drug-likeness (QED) is 0.687. The van der Waals surface area contributed by atoms with Crippen molar-refractivity contribution < 1.29 is 19.4 Å². The molecule has 5 nitrogen and oxygen atoms in total. The Hall–Kier alpha value is -2.73. The highest BCUT2D eigenvalue weighted by atomic mass is 32.1. The summed E-state index contributed by atoms with van der Waals surface area (Å²) in [5.74, 6) is 0.597. The van der Waals surface area contributed by atoms with Crippen LogP contribution in [0.15, 0.2) is 47.8 Å². The molecule has 1 N–H and O–H groups in total.